The fourth-order valence-corrected chi connectivity index (χ4v) is 13.8. The maximum Gasteiger partial charge on any atom is 0.294 e. The summed E-state index contributed by atoms with van der Waals surface area (Å²) < 4.78 is 18.7. The van der Waals surface area contributed by atoms with Crippen molar-refractivity contribution in [2.45, 2.75) is 79.8 Å². The average Bonchev–Trinajstić information content (AvgIpc) is 2.63. The highest BCUT2D eigenvalue weighted by Gasteiger charge is 2.36. The first-order valence-electron chi connectivity index (χ1n) is 26.7. The quantitative estimate of drug-likeness (QED) is 0.0323. The summed E-state index contributed by atoms with van der Waals surface area (Å²) in [7, 11) is 2.95. The first-order chi connectivity index (χ1) is 39.5. The molecule has 0 unspecified atom stereocenters. The number of ketones is 2. The summed E-state index contributed by atoms with van der Waals surface area (Å²) in [6, 6.07) is 33.1. The number of fused-ring (bicyclic) bond motifs is 2. The van der Waals surface area contributed by atoms with Gasteiger partial charge in [-0.15, -0.1) is 22.7 Å². The zero-order valence-corrected chi connectivity index (χ0v) is 51.4. The van der Waals surface area contributed by atoms with Crippen LogP contribution in [0.2, 0.25) is 10.0 Å². The van der Waals surface area contributed by atoms with Crippen LogP contribution in [0, 0.1) is 0 Å². The van der Waals surface area contributed by atoms with E-state index in [4.69, 9.17) is 39.6 Å². The summed E-state index contributed by atoms with van der Waals surface area (Å²) in [6.45, 7) is 12.7. The number of Topliss-reactive ketones (excluding diaryl/α,β-unsaturated/α-hetero) is 2. The molecule has 8 aromatic rings. The molecule has 0 saturated carbocycles. The van der Waals surface area contributed by atoms with Gasteiger partial charge in [-0.2, -0.15) is 0 Å². The smallest absolute Gasteiger partial charge is 0.294 e. The lowest BCUT2D eigenvalue weighted by Crippen LogP contribution is -2.57. The van der Waals surface area contributed by atoms with Crippen molar-refractivity contribution < 1.29 is 38.0 Å². The van der Waals surface area contributed by atoms with Crippen molar-refractivity contribution in [1.82, 2.24) is 39.1 Å². The van der Waals surface area contributed by atoms with Gasteiger partial charge in [-0.1, -0.05) is 86.6 Å². The summed E-state index contributed by atoms with van der Waals surface area (Å²) in [5, 5.41) is 6.85. The van der Waals surface area contributed by atoms with Crippen LogP contribution in [-0.2, 0) is 31.9 Å². The van der Waals surface area contributed by atoms with Crippen LogP contribution >= 0.6 is 53.2 Å². The van der Waals surface area contributed by atoms with Gasteiger partial charge in [0, 0.05) is 141 Å². The summed E-state index contributed by atoms with van der Waals surface area (Å²) >= 11 is 16.5. The molecule has 18 nitrogen and oxygen atoms in total. The third-order valence-corrected chi connectivity index (χ3v) is 19.4. The van der Waals surface area contributed by atoms with Crippen molar-refractivity contribution >= 4 is 121 Å². The number of piperazine rings is 2. The molecule has 2 fully saturated rings. The van der Waals surface area contributed by atoms with Gasteiger partial charge in [-0.05, 0) is 99.1 Å². The lowest BCUT2D eigenvalue weighted by Gasteiger charge is -2.44. The normalized spacial score (nSPS) is 17.1. The second kappa shape index (κ2) is 28.9. The van der Waals surface area contributed by atoms with E-state index < -0.39 is 30.7 Å². The number of aromatic nitrogens is 2. The minimum atomic E-state index is -3.13. The molecule has 0 bridgehead atoms. The van der Waals surface area contributed by atoms with Crippen LogP contribution in [0.4, 0.5) is 0 Å². The predicted octanol–water partition coefficient (Wildman–Crippen LogP) is 10.0. The molecule has 4 amide bonds. The molecule has 0 radical (unpaired) electrons. The maximum absolute atomic E-state index is 13.6. The highest BCUT2D eigenvalue weighted by Crippen LogP contribution is 2.42. The van der Waals surface area contributed by atoms with E-state index in [1.165, 1.54) is 64.8 Å². The molecular formula is C62H75Cl2N10O8PS2. The zero-order valence-electron chi connectivity index (χ0n) is 47.3. The minimum Gasteiger partial charge on any atom is -0.360 e. The minimum absolute atomic E-state index is 0. The maximum atomic E-state index is 13.6. The van der Waals surface area contributed by atoms with Gasteiger partial charge in [-0.3, -0.25) is 47.8 Å². The summed E-state index contributed by atoms with van der Waals surface area (Å²) in [5.74, 6) is 8.25. The first kappa shape index (κ1) is 67.2. The Morgan fingerprint density at radius 2 is 1.04 bits per heavy atom. The molecule has 4 atom stereocenters. The molecule has 2 aliphatic rings. The van der Waals surface area contributed by atoms with Gasteiger partial charge >= 0.3 is 0 Å². The summed E-state index contributed by atoms with van der Waals surface area (Å²) in [4.78, 5) is 93.5. The van der Waals surface area contributed by atoms with Crippen LogP contribution in [0.5, 0.6) is 0 Å². The molecule has 0 aliphatic carbocycles. The van der Waals surface area contributed by atoms with E-state index in [1.54, 1.807) is 71.2 Å². The molecule has 85 heavy (non-hydrogen) atoms. The number of nitrogen functional groups attached to an aromatic ring is 1. The number of thiophene rings is 2. The second-order valence-corrected chi connectivity index (χ2v) is 26.3. The second-order valence-electron chi connectivity index (χ2n) is 21.1. The SMILES string of the molecule is C.C.C[C@@H]1CN(Cc2cccs2)[C@@H](C)CN1C(=O)c1cc2c(C(=O)C(=O)N(C)C)c[nH]c2cc1Cl.C[C@@H]1CN(Cc2cccs2)[C@@H](C)CN1C(=O)c1cc2c(C(=O)C(=O)N(C)C)cn(N)c2cc1Cl.NOP(=O)(c1ccccc1)c1ccccc1. The van der Waals surface area contributed by atoms with E-state index in [2.05, 4.69) is 57.6 Å². The Bertz CT molecular complexity index is 3650. The van der Waals surface area contributed by atoms with E-state index in [1.807, 2.05) is 66.1 Å². The Morgan fingerprint density at radius 3 is 1.46 bits per heavy atom. The number of nitrogens with zero attached hydrogens (tertiary/aromatic N) is 7. The highest BCUT2D eigenvalue weighted by molar-refractivity contribution is 7.74. The average molecular weight is 1250 g/mol. The first-order valence-corrected chi connectivity index (χ1v) is 30.8. The number of benzene rings is 4. The molecule has 6 heterocycles. The largest absolute Gasteiger partial charge is 0.360 e. The van der Waals surface area contributed by atoms with E-state index in [0.717, 1.165) is 26.2 Å². The van der Waals surface area contributed by atoms with Crippen molar-refractivity contribution in [2.24, 2.45) is 5.90 Å². The van der Waals surface area contributed by atoms with Crippen molar-refractivity contribution in [3.63, 3.8) is 0 Å². The molecule has 2 aliphatic heterocycles. The van der Waals surface area contributed by atoms with E-state index in [9.17, 15) is 33.3 Å². The number of halogens is 2. The fourth-order valence-electron chi connectivity index (χ4n) is 10.2. The van der Waals surface area contributed by atoms with Crippen molar-refractivity contribution in [3.05, 3.63) is 174 Å². The zero-order chi connectivity index (χ0) is 60.0. The van der Waals surface area contributed by atoms with Gasteiger partial charge < -0.3 is 30.4 Å². The summed E-state index contributed by atoms with van der Waals surface area (Å²) in [6.07, 6.45) is 2.89. The third kappa shape index (κ3) is 14.8. The van der Waals surface area contributed by atoms with Gasteiger partial charge in [-0.25, -0.2) is 10.5 Å². The number of amides is 4. The summed E-state index contributed by atoms with van der Waals surface area (Å²) in [5.41, 5.74) is 2.08. The van der Waals surface area contributed by atoms with Gasteiger partial charge in [0.1, 0.15) is 0 Å². The van der Waals surface area contributed by atoms with Gasteiger partial charge in [0.15, 0.2) is 0 Å². The predicted molar refractivity (Wildman–Crippen MR) is 344 cm³/mol. The number of hydrogen-bond acceptors (Lipinski definition) is 14. The van der Waals surface area contributed by atoms with Crippen LogP contribution in [-0.4, -0.2) is 153 Å². The number of nitrogens with one attached hydrogen (secondary N) is 1. The number of H-pyrrole nitrogens is 1. The highest BCUT2D eigenvalue weighted by atomic mass is 35.5. The number of nitrogens with two attached hydrogens (primary N) is 2. The molecule has 10 rings (SSSR count). The lowest BCUT2D eigenvalue weighted by atomic mass is 10.0. The molecule has 23 heteroatoms. The van der Waals surface area contributed by atoms with Crippen molar-refractivity contribution in [3.8, 4) is 0 Å². The Morgan fingerprint density at radius 1 is 0.600 bits per heavy atom. The topological polar surface area (TPSA) is 221 Å². The van der Waals surface area contributed by atoms with Crippen molar-refractivity contribution in [1.29, 1.82) is 0 Å². The van der Waals surface area contributed by atoms with Crippen molar-refractivity contribution in [2.75, 3.05) is 60.2 Å². The number of carbonyl (C=O) groups is 6. The van der Waals surface area contributed by atoms with Crippen LogP contribution < -0.4 is 22.3 Å². The Balaban J connectivity index is 0.000000214. The fraction of sp³-hybridized carbons (Fsp3) is 0.323. The van der Waals surface area contributed by atoms with Crippen LogP contribution in [0.15, 0.2) is 132 Å². The van der Waals surface area contributed by atoms with E-state index in [-0.39, 0.29) is 72.5 Å². The number of rotatable bonds is 13. The molecule has 452 valence electrons. The number of likely N-dealkylation sites (N-methyl/N-ethyl adjacent to an activating group) is 2. The van der Waals surface area contributed by atoms with Gasteiger partial charge in [0.2, 0.25) is 0 Å². The van der Waals surface area contributed by atoms with Gasteiger partial charge in [0.05, 0.1) is 37.8 Å². The Labute approximate surface area is 515 Å². The van der Waals surface area contributed by atoms with Crippen LogP contribution in [0.1, 0.15) is 93.7 Å². The lowest BCUT2D eigenvalue weighted by molar-refractivity contribution is -0.124. The van der Waals surface area contributed by atoms with E-state index >= 15 is 0 Å². The number of carbonyl (C=O) groups excluding carboxylic acids is 6. The molecule has 4 aromatic heterocycles. The van der Waals surface area contributed by atoms with Crippen LogP contribution in [0.25, 0.3) is 21.8 Å². The molecule has 2 saturated heterocycles. The molecule has 4 aromatic carbocycles. The molecule has 0 spiro atoms. The Hall–Kier alpha value is -6.97. The van der Waals surface area contributed by atoms with Crippen LogP contribution in [0.3, 0.4) is 0 Å². The number of aromatic amines is 1. The third-order valence-electron chi connectivity index (χ3n) is 14.8. The van der Waals surface area contributed by atoms with Gasteiger partial charge in [0.25, 0.3) is 42.6 Å². The van der Waals surface area contributed by atoms with E-state index in [0.29, 0.717) is 56.1 Å². The molecule has 5 N–H and O–H groups in total. The monoisotopic (exact) mass is 1250 g/mol. The Kier molecular flexibility index (Phi) is 22.9. The number of hydrogen-bond donors (Lipinski definition) is 3. The molecular weight excluding hydrogens is 1180 g/mol. The standard InChI is InChI=1S/C24H28ClN5O3S.C24H27ClN4O3S.C12H12NO2P.2CH4/c1-14-11-29(15(2)10-28(14)12-16-6-5-7-34-16)23(32)18-8-17-19(22(31)24(33)27(3)4)13-30(26)21(17)9-20(18)25;1-14-12-29(15(2)11-28(14)13-16-6-5-7-33-16)23(31)18-8-17-19(22(30)24(32)27(3)4)10-26-21(17)9-20(18)25;13-15-16(14,11-7-3-1-4-8-11)12-9-5-2-6-10-12;;/h5-9,13-15H,10-12,26H2,1-4H3;5-10,14-15,26H,11-13H2,1-4H3;1-10H,13H2;2*1H4/t2*14-,15+;;;/m00.../s1.